The number of anilines is 1. The lowest BCUT2D eigenvalue weighted by Gasteiger charge is -2.10. The highest BCUT2D eigenvalue weighted by Gasteiger charge is 2.09. The van der Waals surface area contributed by atoms with E-state index >= 15 is 0 Å². The number of nitrogens with zero attached hydrogens (tertiary/aromatic N) is 3. The zero-order valence-corrected chi connectivity index (χ0v) is 11.9. The van der Waals surface area contributed by atoms with E-state index < -0.39 is 0 Å². The van der Waals surface area contributed by atoms with Crippen LogP contribution in [-0.4, -0.2) is 15.0 Å². The van der Waals surface area contributed by atoms with Crippen molar-refractivity contribution in [1.82, 2.24) is 15.0 Å². The molecule has 0 amide bonds. The van der Waals surface area contributed by atoms with Gasteiger partial charge in [-0.2, -0.15) is 0 Å². The Labute approximate surface area is 122 Å². The Morgan fingerprint density at radius 3 is 2.76 bits per heavy atom. The molecule has 0 unspecified atom stereocenters. The van der Waals surface area contributed by atoms with Gasteiger partial charge in [-0.05, 0) is 30.2 Å². The van der Waals surface area contributed by atoms with Crippen molar-refractivity contribution in [3.8, 4) is 11.6 Å². The monoisotopic (exact) mass is 280 g/mol. The quantitative estimate of drug-likeness (QED) is 0.743. The lowest BCUT2D eigenvalue weighted by molar-refractivity contribution is 0.463. The molecule has 0 bridgehead atoms. The number of fused-ring (bicyclic) bond motifs is 1. The molecule has 0 spiro atoms. The average Bonchev–Trinajstić information content (AvgIpc) is 2.51. The standard InChI is InChI=1S/C16H16N4O/c1-10(2)13-8-15(20-9-19-13)21-14-6-5-12(17)11-4-3-7-18-16(11)14/h3-10H,17H2,1-2H3. The fraction of sp³-hybridized carbons (Fsp3) is 0.188. The maximum Gasteiger partial charge on any atom is 0.222 e. The molecule has 1 aromatic carbocycles. The second-order valence-corrected chi connectivity index (χ2v) is 5.09. The average molecular weight is 280 g/mol. The van der Waals surface area contributed by atoms with Crippen molar-refractivity contribution in [2.45, 2.75) is 19.8 Å². The van der Waals surface area contributed by atoms with Crippen LogP contribution in [0.4, 0.5) is 5.69 Å². The molecule has 0 aliphatic heterocycles. The van der Waals surface area contributed by atoms with E-state index in [-0.39, 0.29) is 0 Å². The van der Waals surface area contributed by atoms with Gasteiger partial charge in [0.25, 0.3) is 0 Å². The molecular formula is C16H16N4O. The molecule has 2 heterocycles. The predicted molar refractivity (Wildman–Crippen MR) is 82.4 cm³/mol. The summed E-state index contributed by atoms with van der Waals surface area (Å²) in [7, 11) is 0. The minimum absolute atomic E-state index is 0.316. The number of ether oxygens (including phenoxy) is 1. The highest BCUT2D eigenvalue weighted by molar-refractivity contribution is 5.94. The van der Waals surface area contributed by atoms with Crippen LogP contribution in [0.1, 0.15) is 25.5 Å². The van der Waals surface area contributed by atoms with E-state index in [9.17, 15) is 0 Å². The molecule has 0 fully saturated rings. The molecule has 0 atom stereocenters. The number of nitrogen functional groups attached to an aromatic ring is 1. The molecule has 0 radical (unpaired) electrons. The number of benzene rings is 1. The molecule has 2 N–H and O–H groups in total. The van der Waals surface area contributed by atoms with Gasteiger partial charge in [0, 0.05) is 23.3 Å². The van der Waals surface area contributed by atoms with Gasteiger partial charge in [-0.15, -0.1) is 0 Å². The van der Waals surface area contributed by atoms with Gasteiger partial charge >= 0.3 is 0 Å². The van der Waals surface area contributed by atoms with Gasteiger partial charge in [0.2, 0.25) is 5.88 Å². The summed E-state index contributed by atoms with van der Waals surface area (Å²) in [5.74, 6) is 1.45. The molecule has 0 aliphatic rings. The largest absolute Gasteiger partial charge is 0.437 e. The molecule has 5 heteroatoms. The van der Waals surface area contributed by atoms with Crippen molar-refractivity contribution in [1.29, 1.82) is 0 Å². The number of pyridine rings is 1. The van der Waals surface area contributed by atoms with Crippen LogP contribution >= 0.6 is 0 Å². The molecule has 3 aromatic rings. The molecule has 3 rings (SSSR count). The first-order valence-electron chi connectivity index (χ1n) is 6.78. The third-order valence-electron chi connectivity index (χ3n) is 3.24. The number of hydrogen-bond donors (Lipinski definition) is 1. The van der Waals surface area contributed by atoms with E-state index in [2.05, 4.69) is 28.8 Å². The second kappa shape index (κ2) is 5.36. The summed E-state index contributed by atoms with van der Waals surface area (Å²) in [6, 6.07) is 9.23. The van der Waals surface area contributed by atoms with Gasteiger partial charge in [0.05, 0.1) is 5.69 Å². The van der Waals surface area contributed by atoms with Gasteiger partial charge in [-0.3, -0.25) is 4.98 Å². The van der Waals surface area contributed by atoms with Gasteiger partial charge < -0.3 is 10.5 Å². The van der Waals surface area contributed by atoms with Crippen LogP contribution in [0, 0.1) is 0 Å². The predicted octanol–water partition coefficient (Wildman–Crippen LogP) is 3.52. The van der Waals surface area contributed by atoms with Crippen molar-refractivity contribution in [2.24, 2.45) is 0 Å². The van der Waals surface area contributed by atoms with Crippen molar-refractivity contribution in [2.75, 3.05) is 5.73 Å². The van der Waals surface area contributed by atoms with Crippen molar-refractivity contribution in [3.05, 3.63) is 48.5 Å². The topological polar surface area (TPSA) is 73.9 Å². The zero-order valence-electron chi connectivity index (χ0n) is 11.9. The van der Waals surface area contributed by atoms with Crippen LogP contribution in [-0.2, 0) is 0 Å². The normalized spacial score (nSPS) is 11.0. The van der Waals surface area contributed by atoms with E-state index in [1.807, 2.05) is 30.3 Å². The van der Waals surface area contributed by atoms with E-state index in [1.54, 1.807) is 6.20 Å². The fourth-order valence-corrected chi connectivity index (χ4v) is 2.09. The summed E-state index contributed by atoms with van der Waals surface area (Å²) in [4.78, 5) is 12.7. The van der Waals surface area contributed by atoms with Gasteiger partial charge in [-0.25, -0.2) is 9.97 Å². The summed E-state index contributed by atoms with van der Waals surface area (Å²) in [5.41, 5.74) is 8.30. The Kier molecular flexibility index (Phi) is 3.39. The molecule has 0 saturated carbocycles. The highest BCUT2D eigenvalue weighted by Crippen LogP contribution is 2.31. The summed E-state index contributed by atoms with van der Waals surface area (Å²) >= 11 is 0. The first-order chi connectivity index (χ1) is 10.1. The lowest BCUT2D eigenvalue weighted by atomic mass is 10.1. The van der Waals surface area contributed by atoms with E-state index in [0.29, 0.717) is 23.2 Å². The number of aromatic nitrogens is 3. The Morgan fingerprint density at radius 2 is 1.95 bits per heavy atom. The SMILES string of the molecule is CC(C)c1cc(Oc2ccc(N)c3cccnc23)ncn1. The maximum atomic E-state index is 5.96. The molecule has 106 valence electrons. The van der Waals surface area contributed by atoms with Crippen molar-refractivity contribution < 1.29 is 4.74 Å². The number of hydrogen-bond acceptors (Lipinski definition) is 5. The minimum Gasteiger partial charge on any atom is -0.437 e. The second-order valence-electron chi connectivity index (χ2n) is 5.09. The minimum atomic E-state index is 0.316. The molecule has 0 saturated heterocycles. The van der Waals surface area contributed by atoms with Crippen LogP contribution in [0.25, 0.3) is 10.9 Å². The Morgan fingerprint density at radius 1 is 1.10 bits per heavy atom. The summed E-state index contributed by atoms with van der Waals surface area (Å²) in [6.45, 7) is 4.15. The van der Waals surface area contributed by atoms with Crippen LogP contribution in [0.15, 0.2) is 42.9 Å². The summed E-state index contributed by atoms with van der Waals surface area (Å²) < 4.78 is 5.87. The molecule has 0 aliphatic carbocycles. The van der Waals surface area contributed by atoms with E-state index in [4.69, 9.17) is 10.5 Å². The molecule has 5 nitrogen and oxygen atoms in total. The van der Waals surface area contributed by atoms with E-state index in [0.717, 1.165) is 16.6 Å². The third-order valence-corrected chi connectivity index (χ3v) is 3.24. The Balaban J connectivity index is 2.02. The molecule has 2 aromatic heterocycles. The molecular weight excluding hydrogens is 264 g/mol. The highest BCUT2D eigenvalue weighted by atomic mass is 16.5. The van der Waals surface area contributed by atoms with Crippen molar-refractivity contribution in [3.63, 3.8) is 0 Å². The van der Waals surface area contributed by atoms with Gasteiger partial charge in [-0.1, -0.05) is 13.8 Å². The fourth-order valence-electron chi connectivity index (χ4n) is 2.09. The smallest absolute Gasteiger partial charge is 0.222 e. The van der Waals surface area contributed by atoms with E-state index in [1.165, 1.54) is 6.33 Å². The summed E-state index contributed by atoms with van der Waals surface area (Å²) in [6.07, 6.45) is 3.23. The maximum absolute atomic E-state index is 5.96. The number of nitrogens with two attached hydrogens (primary N) is 1. The third kappa shape index (κ3) is 2.63. The Bertz CT molecular complexity index is 786. The van der Waals surface area contributed by atoms with Crippen LogP contribution in [0.3, 0.4) is 0 Å². The lowest BCUT2D eigenvalue weighted by Crippen LogP contribution is -1.97. The summed E-state index contributed by atoms with van der Waals surface area (Å²) in [5, 5.41) is 0.869. The van der Waals surface area contributed by atoms with Crippen LogP contribution in [0.2, 0.25) is 0 Å². The van der Waals surface area contributed by atoms with Crippen LogP contribution in [0.5, 0.6) is 11.6 Å². The first kappa shape index (κ1) is 13.3. The van der Waals surface area contributed by atoms with Gasteiger partial charge in [0.15, 0.2) is 5.75 Å². The molecule has 21 heavy (non-hydrogen) atoms. The first-order valence-corrected chi connectivity index (χ1v) is 6.78. The van der Waals surface area contributed by atoms with Gasteiger partial charge in [0.1, 0.15) is 11.8 Å². The Hall–Kier alpha value is -2.69. The number of rotatable bonds is 3. The van der Waals surface area contributed by atoms with Crippen molar-refractivity contribution >= 4 is 16.6 Å². The zero-order chi connectivity index (χ0) is 14.8. The van der Waals surface area contributed by atoms with Crippen LogP contribution < -0.4 is 10.5 Å².